The first-order chi connectivity index (χ1) is 17.3. The molecule has 0 saturated heterocycles. The summed E-state index contributed by atoms with van der Waals surface area (Å²) in [6.45, 7) is 3.42. The topological polar surface area (TPSA) is 47.0 Å². The summed E-state index contributed by atoms with van der Waals surface area (Å²) in [5, 5.41) is 4.65. The molecular weight excluding hydrogens is 430 g/mol. The van der Waals surface area contributed by atoms with Gasteiger partial charge < -0.3 is 10.1 Å². The van der Waals surface area contributed by atoms with Crippen LogP contribution in [0.2, 0.25) is 0 Å². The van der Waals surface area contributed by atoms with Gasteiger partial charge in [0.2, 0.25) is 0 Å². The zero-order valence-corrected chi connectivity index (χ0v) is 19.9. The summed E-state index contributed by atoms with van der Waals surface area (Å²) in [4.78, 5) is 9.75. The molecule has 0 saturated carbocycles. The van der Waals surface area contributed by atoms with E-state index in [4.69, 9.17) is 14.7 Å². The molecule has 0 spiro atoms. The Balaban J connectivity index is 1.41. The van der Waals surface area contributed by atoms with Crippen LogP contribution >= 0.6 is 0 Å². The molecule has 1 aromatic heterocycles. The van der Waals surface area contributed by atoms with E-state index in [9.17, 15) is 0 Å². The van der Waals surface area contributed by atoms with Gasteiger partial charge >= 0.3 is 0 Å². The summed E-state index contributed by atoms with van der Waals surface area (Å²) in [7, 11) is 0. The Bertz CT molecular complexity index is 1330. The van der Waals surface area contributed by atoms with E-state index in [1.54, 1.807) is 0 Å². The third kappa shape index (κ3) is 5.33. The Kier molecular flexibility index (Phi) is 7.00. The number of ether oxygens (including phenoxy) is 1. The highest BCUT2D eigenvalue weighted by Gasteiger charge is 2.15. The number of hydrogen-bond acceptors (Lipinski definition) is 4. The second-order valence-corrected chi connectivity index (χ2v) is 8.46. The number of rotatable bonds is 9. The van der Waals surface area contributed by atoms with Gasteiger partial charge in [-0.3, -0.25) is 0 Å². The van der Waals surface area contributed by atoms with Gasteiger partial charge in [-0.25, -0.2) is 9.97 Å². The van der Waals surface area contributed by atoms with Crippen molar-refractivity contribution < 1.29 is 4.74 Å². The molecule has 5 rings (SSSR count). The number of hydrogen-bond donors (Lipinski definition) is 1. The Hall–Kier alpha value is -4.18. The number of nitrogens with zero attached hydrogens (tertiary/aromatic N) is 2. The number of aromatic nitrogens is 2. The molecule has 4 heteroatoms. The van der Waals surface area contributed by atoms with Crippen LogP contribution in [0.4, 0.5) is 5.82 Å². The van der Waals surface area contributed by atoms with Crippen molar-refractivity contribution >= 4 is 16.7 Å². The highest BCUT2D eigenvalue weighted by Crippen LogP contribution is 2.29. The van der Waals surface area contributed by atoms with Gasteiger partial charge in [0.05, 0.1) is 12.1 Å². The van der Waals surface area contributed by atoms with E-state index in [1.165, 1.54) is 11.1 Å². The van der Waals surface area contributed by atoms with E-state index in [0.29, 0.717) is 18.3 Å². The number of anilines is 1. The van der Waals surface area contributed by atoms with Crippen LogP contribution in [0.15, 0.2) is 109 Å². The summed E-state index contributed by atoms with van der Waals surface area (Å²) in [5.41, 5.74) is 4.54. The second-order valence-electron chi connectivity index (χ2n) is 8.46. The van der Waals surface area contributed by atoms with Crippen LogP contribution in [0.5, 0.6) is 5.75 Å². The fourth-order valence-electron chi connectivity index (χ4n) is 4.44. The van der Waals surface area contributed by atoms with Crippen LogP contribution < -0.4 is 10.1 Å². The molecule has 5 aromatic rings. The molecule has 0 aliphatic carbocycles. The number of para-hydroxylation sites is 1. The molecule has 0 atom stereocenters. The Morgan fingerprint density at radius 2 is 1.34 bits per heavy atom. The van der Waals surface area contributed by atoms with Gasteiger partial charge in [0.15, 0.2) is 5.82 Å². The molecule has 4 nitrogen and oxygen atoms in total. The monoisotopic (exact) mass is 459 g/mol. The highest BCUT2D eigenvalue weighted by molar-refractivity contribution is 5.90. The minimum atomic E-state index is 0.309. The maximum Gasteiger partial charge on any atom is 0.162 e. The van der Waals surface area contributed by atoms with Crippen LogP contribution in [0.25, 0.3) is 22.3 Å². The van der Waals surface area contributed by atoms with Gasteiger partial charge in [-0.1, -0.05) is 72.8 Å². The largest absolute Gasteiger partial charge is 0.494 e. The highest BCUT2D eigenvalue weighted by atomic mass is 16.5. The molecule has 0 unspecified atom stereocenters. The van der Waals surface area contributed by atoms with E-state index < -0.39 is 0 Å². The molecule has 4 aromatic carbocycles. The molecule has 174 valence electrons. The molecule has 1 N–H and O–H groups in total. The normalized spacial score (nSPS) is 11.0. The van der Waals surface area contributed by atoms with E-state index >= 15 is 0 Å². The molecule has 0 radical (unpaired) electrons. The lowest BCUT2D eigenvalue weighted by Crippen LogP contribution is -2.11. The second kappa shape index (κ2) is 10.8. The minimum Gasteiger partial charge on any atom is -0.494 e. The Labute approximate surface area is 206 Å². The van der Waals surface area contributed by atoms with Crippen LogP contribution in [0.3, 0.4) is 0 Å². The van der Waals surface area contributed by atoms with Crippen molar-refractivity contribution in [1.29, 1.82) is 0 Å². The lowest BCUT2D eigenvalue weighted by atomic mass is 9.88. The molecule has 0 aliphatic rings. The average Bonchev–Trinajstić information content (AvgIpc) is 2.92. The fourth-order valence-corrected chi connectivity index (χ4v) is 4.44. The number of fused-ring (bicyclic) bond motifs is 1. The minimum absolute atomic E-state index is 0.309. The summed E-state index contributed by atoms with van der Waals surface area (Å²) in [6.07, 6.45) is 0.949. The number of benzene rings is 4. The maximum atomic E-state index is 5.59. The van der Waals surface area contributed by atoms with Crippen molar-refractivity contribution in [1.82, 2.24) is 9.97 Å². The smallest absolute Gasteiger partial charge is 0.162 e. The van der Waals surface area contributed by atoms with Crippen molar-refractivity contribution in [3.8, 4) is 17.1 Å². The molecular formula is C31H29N3O. The van der Waals surface area contributed by atoms with E-state index in [1.807, 2.05) is 49.4 Å². The van der Waals surface area contributed by atoms with Gasteiger partial charge in [-0.05, 0) is 60.9 Å². The van der Waals surface area contributed by atoms with E-state index in [2.05, 4.69) is 72.0 Å². The molecule has 0 aliphatic heterocycles. The average molecular weight is 460 g/mol. The zero-order valence-electron chi connectivity index (χ0n) is 19.9. The standard InChI is InChI=1S/C31H29N3O/c1-2-35-26-19-17-25(18-20-26)30-33-29-16-10-9-15-28(29)31(34-30)32-22-21-27(23-11-5-3-6-12-23)24-13-7-4-8-14-24/h3-20,27H,2,21-22H2,1H3,(H,32,33,34). The summed E-state index contributed by atoms with van der Waals surface area (Å²) < 4.78 is 5.59. The lowest BCUT2D eigenvalue weighted by molar-refractivity contribution is 0.340. The van der Waals surface area contributed by atoms with Crippen molar-refractivity contribution in [2.45, 2.75) is 19.3 Å². The lowest BCUT2D eigenvalue weighted by Gasteiger charge is -2.19. The van der Waals surface area contributed by atoms with Crippen molar-refractivity contribution in [3.05, 3.63) is 120 Å². The Morgan fingerprint density at radius 1 is 0.714 bits per heavy atom. The first-order valence-electron chi connectivity index (χ1n) is 12.2. The van der Waals surface area contributed by atoms with Crippen molar-refractivity contribution in [2.24, 2.45) is 0 Å². The Morgan fingerprint density at radius 3 is 2.00 bits per heavy atom. The van der Waals surface area contributed by atoms with E-state index in [-0.39, 0.29) is 0 Å². The fraction of sp³-hybridized carbons (Fsp3) is 0.161. The molecule has 1 heterocycles. The molecule has 0 fully saturated rings. The predicted octanol–water partition coefficient (Wildman–Crippen LogP) is 7.33. The summed E-state index contributed by atoms with van der Waals surface area (Å²) in [6, 6.07) is 37.5. The molecule has 35 heavy (non-hydrogen) atoms. The first kappa shape index (κ1) is 22.6. The SMILES string of the molecule is CCOc1ccc(-c2nc(NCCC(c3ccccc3)c3ccccc3)c3ccccc3n2)cc1. The zero-order chi connectivity index (χ0) is 23.9. The first-order valence-corrected chi connectivity index (χ1v) is 12.2. The van der Waals surface area contributed by atoms with Crippen LogP contribution in [0, 0.1) is 0 Å². The third-order valence-corrected chi connectivity index (χ3v) is 6.16. The quantitative estimate of drug-likeness (QED) is 0.251. The maximum absolute atomic E-state index is 5.59. The van der Waals surface area contributed by atoms with Crippen molar-refractivity contribution in [2.75, 3.05) is 18.5 Å². The van der Waals surface area contributed by atoms with Crippen LogP contribution in [-0.2, 0) is 0 Å². The molecule has 0 bridgehead atoms. The van der Waals surface area contributed by atoms with Gasteiger partial charge in [0, 0.05) is 23.4 Å². The summed E-state index contributed by atoms with van der Waals surface area (Å²) >= 11 is 0. The van der Waals surface area contributed by atoms with Gasteiger partial charge in [-0.2, -0.15) is 0 Å². The van der Waals surface area contributed by atoms with Gasteiger partial charge in [0.25, 0.3) is 0 Å². The van der Waals surface area contributed by atoms with Gasteiger partial charge in [0.1, 0.15) is 11.6 Å². The number of nitrogens with one attached hydrogen (secondary N) is 1. The molecule has 0 amide bonds. The van der Waals surface area contributed by atoms with Crippen LogP contribution in [-0.4, -0.2) is 23.1 Å². The summed E-state index contributed by atoms with van der Waals surface area (Å²) in [5.74, 6) is 2.73. The van der Waals surface area contributed by atoms with E-state index in [0.717, 1.165) is 41.0 Å². The van der Waals surface area contributed by atoms with Crippen molar-refractivity contribution in [3.63, 3.8) is 0 Å². The van der Waals surface area contributed by atoms with Crippen LogP contribution in [0.1, 0.15) is 30.4 Å². The van der Waals surface area contributed by atoms with Gasteiger partial charge in [-0.15, -0.1) is 0 Å². The predicted molar refractivity (Wildman–Crippen MR) is 144 cm³/mol. The third-order valence-electron chi connectivity index (χ3n) is 6.16.